The number of nitrogens with one attached hydrogen (secondary N) is 1. The van der Waals surface area contributed by atoms with Crippen LogP contribution in [0.25, 0.3) is 0 Å². The Kier molecular flexibility index (Phi) is 4.34. The predicted molar refractivity (Wildman–Crippen MR) is 71.2 cm³/mol. The van der Waals surface area contributed by atoms with Crippen molar-refractivity contribution in [1.29, 1.82) is 0 Å². The fourth-order valence-corrected chi connectivity index (χ4v) is 2.69. The summed E-state index contributed by atoms with van der Waals surface area (Å²) in [5.74, 6) is 0. The maximum atomic E-state index is 12.0. The number of aryl methyl sites for hydroxylation is 1. The van der Waals surface area contributed by atoms with E-state index in [4.69, 9.17) is 4.42 Å². The van der Waals surface area contributed by atoms with Gasteiger partial charge in [0.1, 0.15) is 6.26 Å². The number of oxazole rings is 1. The molecule has 19 heavy (non-hydrogen) atoms. The molecular formula is C13H16N2O3S. The minimum absolute atomic E-state index is 0.282. The molecule has 0 saturated heterocycles. The Morgan fingerprint density at radius 1 is 1.26 bits per heavy atom. The third-order valence-electron chi connectivity index (χ3n) is 2.80. The van der Waals surface area contributed by atoms with Crippen LogP contribution in [0.2, 0.25) is 0 Å². The first-order valence-electron chi connectivity index (χ1n) is 6.07. The fraction of sp³-hybridized carbons (Fsp3) is 0.308. The molecule has 102 valence electrons. The maximum Gasteiger partial charge on any atom is 0.240 e. The predicted octanol–water partition coefficient (Wildman–Crippen LogP) is 1.76. The van der Waals surface area contributed by atoms with Crippen molar-refractivity contribution in [3.05, 3.63) is 48.2 Å². The minimum atomic E-state index is -3.45. The fourth-order valence-electron chi connectivity index (χ4n) is 1.66. The van der Waals surface area contributed by atoms with E-state index in [1.54, 1.807) is 12.1 Å². The van der Waals surface area contributed by atoms with Crippen LogP contribution < -0.4 is 4.72 Å². The van der Waals surface area contributed by atoms with E-state index in [9.17, 15) is 8.42 Å². The molecule has 1 N–H and O–H groups in total. The average molecular weight is 280 g/mol. The van der Waals surface area contributed by atoms with E-state index >= 15 is 0 Å². The molecule has 0 aliphatic carbocycles. The molecule has 5 nitrogen and oxygen atoms in total. The Morgan fingerprint density at radius 3 is 2.58 bits per heavy atom. The number of rotatable bonds is 6. The first-order chi connectivity index (χ1) is 9.12. The zero-order valence-electron chi connectivity index (χ0n) is 10.7. The van der Waals surface area contributed by atoms with Crippen molar-refractivity contribution in [3.63, 3.8) is 0 Å². The van der Waals surface area contributed by atoms with Crippen molar-refractivity contribution < 1.29 is 12.8 Å². The number of sulfonamides is 1. The molecule has 1 aromatic carbocycles. The van der Waals surface area contributed by atoms with Gasteiger partial charge in [-0.05, 0) is 24.1 Å². The molecule has 2 rings (SSSR count). The Morgan fingerprint density at radius 2 is 2.00 bits per heavy atom. The van der Waals surface area contributed by atoms with Gasteiger partial charge >= 0.3 is 0 Å². The molecule has 1 heterocycles. The van der Waals surface area contributed by atoms with Crippen LogP contribution in [0.5, 0.6) is 0 Å². The molecule has 0 radical (unpaired) electrons. The number of aromatic nitrogens is 1. The van der Waals surface area contributed by atoms with Crippen LogP contribution in [0.1, 0.15) is 18.2 Å². The van der Waals surface area contributed by atoms with Gasteiger partial charge < -0.3 is 4.42 Å². The Bertz CT molecular complexity index is 604. The van der Waals surface area contributed by atoms with Gasteiger partial charge in [-0.2, -0.15) is 0 Å². The second kappa shape index (κ2) is 5.99. The molecule has 0 spiro atoms. The van der Waals surface area contributed by atoms with Crippen LogP contribution in [0.15, 0.2) is 46.2 Å². The number of hydrogen-bond donors (Lipinski definition) is 1. The molecule has 0 unspecified atom stereocenters. The van der Waals surface area contributed by atoms with Gasteiger partial charge in [0.05, 0.1) is 10.6 Å². The number of hydrogen-bond acceptors (Lipinski definition) is 4. The maximum absolute atomic E-state index is 12.0. The molecule has 2 aromatic rings. The summed E-state index contributed by atoms with van der Waals surface area (Å²) >= 11 is 0. The molecular weight excluding hydrogens is 264 g/mol. The number of nitrogens with zero attached hydrogens (tertiary/aromatic N) is 1. The van der Waals surface area contributed by atoms with Crippen LogP contribution in [0, 0.1) is 0 Å². The van der Waals surface area contributed by atoms with Crippen LogP contribution in [-0.2, 0) is 22.9 Å². The summed E-state index contributed by atoms with van der Waals surface area (Å²) in [7, 11) is -3.45. The summed E-state index contributed by atoms with van der Waals surface area (Å²) in [6.45, 7) is 2.32. The Balaban J connectivity index is 1.97. The van der Waals surface area contributed by atoms with Crippen LogP contribution in [-0.4, -0.2) is 19.9 Å². The molecule has 0 atom stereocenters. The lowest BCUT2D eigenvalue weighted by molar-refractivity contribution is 0.555. The van der Waals surface area contributed by atoms with Crippen molar-refractivity contribution in [2.75, 3.05) is 6.54 Å². The van der Waals surface area contributed by atoms with Gasteiger partial charge in [0, 0.05) is 13.0 Å². The quantitative estimate of drug-likeness (QED) is 0.875. The van der Waals surface area contributed by atoms with Crippen molar-refractivity contribution in [3.8, 4) is 0 Å². The van der Waals surface area contributed by atoms with Gasteiger partial charge in [0.15, 0.2) is 6.39 Å². The summed E-state index contributed by atoms with van der Waals surface area (Å²) in [6.07, 6.45) is 4.22. The third kappa shape index (κ3) is 3.65. The topological polar surface area (TPSA) is 72.2 Å². The molecule has 0 aliphatic rings. The van der Waals surface area contributed by atoms with Crippen LogP contribution in [0.4, 0.5) is 0 Å². The normalized spacial score (nSPS) is 11.6. The zero-order valence-corrected chi connectivity index (χ0v) is 11.5. The van der Waals surface area contributed by atoms with E-state index < -0.39 is 10.0 Å². The lowest BCUT2D eigenvalue weighted by Gasteiger charge is -2.06. The average Bonchev–Trinajstić information content (AvgIpc) is 2.92. The van der Waals surface area contributed by atoms with Gasteiger partial charge in [0.25, 0.3) is 0 Å². The first kappa shape index (κ1) is 13.8. The van der Waals surface area contributed by atoms with Crippen LogP contribution >= 0.6 is 0 Å². The third-order valence-corrected chi connectivity index (χ3v) is 4.28. The second-order valence-corrected chi connectivity index (χ2v) is 5.89. The van der Waals surface area contributed by atoms with E-state index in [1.165, 1.54) is 12.7 Å². The van der Waals surface area contributed by atoms with Crippen molar-refractivity contribution in [2.24, 2.45) is 0 Å². The van der Waals surface area contributed by atoms with E-state index in [2.05, 4.69) is 9.71 Å². The first-order valence-corrected chi connectivity index (χ1v) is 7.56. The summed E-state index contributed by atoms with van der Waals surface area (Å²) in [5, 5.41) is 0. The smallest absolute Gasteiger partial charge is 0.240 e. The van der Waals surface area contributed by atoms with Crippen molar-refractivity contribution >= 4 is 10.0 Å². The summed E-state index contributed by atoms with van der Waals surface area (Å²) < 4.78 is 31.4. The second-order valence-electron chi connectivity index (χ2n) is 4.13. The molecule has 0 amide bonds. The van der Waals surface area contributed by atoms with Crippen molar-refractivity contribution in [2.45, 2.75) is 24.7 Å². The summed E-state index contributed by atoms with van der Waals surface area (Å²) in [6, 6.07) is 6.90. The number of benzene rings is 1. The van der Waals surface area contributed by atoms with E-state index in [-0.39, 0.29) is 4.90 Å². The Hall–Kier alpha value is -1.66. The monoisotopic (exact) mass is 280 g/mol. The van der Waals surface area contributed by atoms with Gasteiger partial charge in [-0.3, -0.25) is 0 Å². The largest absolute Gasteiger partial charge is 0.451 e. The van der Waals surface area contributed by atoms with E-state index in [0.29, 0.717) is 13.0 Å². The van der Waals surface area contributed by atoms with E-state index in [0.717, 1.165) is 17.7 Å². The highest BCUT2D eigenvalue weighted by Gasteiger charge is 2.13. The molecule has 0 aliphatic heterocycles. The summed E-state index contributed by atoms with van der Waals surface area (Å²) in [5.41, 5.74) is 1.84. The molecule has 0 bridgehead atoms. The SMILES string of the molecule is CCc1ccc(S(=O)(=O)NCCc2cocn2)cc1. The van der Waals surface area contributed by atoms with Gasteiger partial charge in [-0.25, -0.2) is 18.1 Å². The molecule has 1 aromatic heterocycles. The standard InChI is InChI=1S/C13H16N2O3S/c1-2-11-3-5-13(6-4-11)19(16,17)15-8-7-12-9-18-10-14-12/h3-6,9-10,15H,2,7-8H2,1H3. The summed E-state index contributed by atoms with van der Waals surface area (Å²) in [4.78, 5) is 4.21. The lowest BCUT2D eigenvalue weighted by Crippen LogP contribution is -2.26. The highest BCUT2D eigenvalue weighted by molar-refractivity contribution is 7.89. The van der Waals surface area contributed by atoms with E-state index in [1.807, 2.05) is 19.1 Å². The lowest BCUT2D eigenvalue weighted by atomic mass is 10.2. The Labute approximate surface area is 112 Å². The van der Waals surface area contributed by atoms with Gasteiger partial charge in [-0.1, -0.05) is 19.1 Å². The van der Waals surface area contributed by atoms with Crippen molar-refractivity contribution in [1.82, 2.24) is 9.71 Å². The minimum Gasteiger partial charge on any atom is -0.451 e. The van der Waals surface area contributed by atoms with Gasteiger partial charge in [0.2, 0.25) is 10.0 Å². The molecule has 0 fully saturated rings. The van der Waals surface area contributed by atoms with Gasteiger partial charge in [-0.15, -0.1) is 0 Å². The zero-order chi connectivity index (χ0) is 13.7. The molecule has 0 saturated carbocycles. The molecule has 6 heteroatoms. The highest BCUT2D eigenvalue weighted by Crippen LogP contribution is 2.10. The van der Waals surface area contributed by atoms with Crippen LogP contribution in [0.3, 0.4) is 0 Å². The highest BCUT2D eigenvalue weighted by atomic mass is 32.2.